The summed E-state index contributed by atoms with van der Waals surface area (Å²) in [6.45, 7) is 5.08. The van der Waals surface area contributed by atoms with Crippen LogP contribution in [0.4, 0.5) is 0 Å². The van der Waals surface area contributed by atoms with Gasteiger partial charge in [-0.1, -0.05) is 86.6 Å². The third kappa shape index (κ3) is 5.75. The number of aryl methyl sites for hydroxylation is 1. The number of aromatic carboxylic acids is 1. The van der Waals surface area contributed by atoms with E-state index in [0.717, 1.165) is 41.2 Å². The molecule has 0 saturated carbocycles. The van der Waals surface area contributed by atoms with Crippen molar-refractivity contribution in [2.24, 2.45) is 5.92 Å². The van der Waals surface area contributed by atoms with Gasteiger partial charge in [-0.2, -0.15) is 5.10 Å². The molecule has 5 nitrogen and oxygen atoms in total. The van der Waals surface area contributed by atoms with Gasteiger partial charge in [0.15, 0.2) is 5.82 Å². The zero-order valence-electron chi connectivity index (χ0n) is 19.1. The number of carboxylic acid groups (broad SMARTS) is 1. The maximum Gasteiger partial charge on any atom is 0.336 e. The molecule has 4 rings (SSSR count). The first-order valence-electron chi connectivity index (χ1n) is 11.4. The Labute approximate surface area is 194 Å². The molecule has 1 aromatic heterocycles. The maximum absolute atomic E-state index is 11.6. The molecule has 33 heavy (non-hydrogen) atoms. The van der Waals surface area contributed by atoms with Gasteiger partial charge >= 0.3 is 5.97 Å². The number of carbonyl (C=O) groups is 1. The molecule has 0 unspecified atom stereocenters. The zero-order chi connectivity index (χ0) is 23.2. The molecule has 0 aliphatic heterocycles. The molecular weight excluding hydrogens is 410 g/mol. The van der Waals surface area contributed by atoms with Gasteiger partial charge in [0.05, 0.1) is 12.1 Å². The van der Waals surface area contributed by atoms with E-state index in [1.807, 2.05) is 59.3 Å². The van der Waals surface area contributed by atoms with E-state index < -0.39 is 5.97 Å². The number of benzene rings is 3. The smallest absolute Gasteiger partial charge is 0.336 e. The number of nitrogens with zero attached hydrogens (tertiary/aromatic N) is 3. The lowest BCUT2D eigenvalue weighted by molar-refractivity contribution is 0.0697. The molecule has 168 valence electrons. The van der Waals surface area contributed by atoms with Crippen molar-refractivity contribution < 1.29 is 9.90 Å². The SMILES string of the molecule is CC(C)CCc1nc(Cc2ccccc2)nn1Cc1ccc(-c2ccccc2C(=O)O)cc1. The Morgan fingerprint density at radius 3 is 2.30 bits per heavy atom. The highest BCUT2D eigenvalue weighted by Crippen LogP contribution is 2.24. The molecular formula is C28H29N3O2. The summed E-state index contributed by atoms with van der Waals surface area (Å²) in [4.78, 5) is 16.4. The first-order chi connectivity index (χ1) is 16.0. The highest BCUT2D eigenvalue weighted by atomic mass is 16.4. The van der Waals surface area contributed by atoms with Gasteiger partial charge in [0.25, 0.3) is 0 Å². The molecule has 0 radical (unpaired) electrons. The van der Waals surface area contributed by atoms with Crippen LogP contribution in [0.3, 0.4) is 0 Å². The fourth-order valence-corrected chi connectivity index (χ4v) is 3.89. The predicted molar refractivity (Wildman–Crippen MR) is 130 cm³/mol. The Morgan fingerprint density at radius 1 is 0.909 bits per heavy atom. The van der Waals surface area contributed by atoms with E-state index in [0.29, 0.717) is 24.4 Å². The first-order valence-corrected chi connectivity index (χ1v) is 11.4. The fourth-order valence-electron chi connectivity index (χ4n) is 3.89. The molecule has 1 N–H and O–H groups in total. The predicted octanol–water partition coefficient (Wildman–Crippen LogP) is 5.87. The largest absolute Gasteiger partial charge is 0.478 e. The van der Waals surface area contributed by atoms with Gasteiger partial charge in [-0.05, 0) is 40.7 Å². The molecule has 0 fully saturated rings. The average Bonchev–Trinajstić information content (AvgIpc) is 3.19. The number of hydrogen-bond donors (Lipinski definition) is 1. The first kappa shape index (κ1) is 22.5. The van der Waals surface area contributed by atoms with Gasteiger partial charge in [-0.25, -0.2) is 14.5 Å². The lowest BCUT2D eigenvalue weighted by atomic mass is 9.99. The monoisotopic (exact) mass is 439 g/mol. The van der Waals surface area contributed by atoms with Crippen molar-refractivity contribution in [3.8, 4) is 11.1 Å². The molecule has 5 heteroatoms. The van der Waals surface area contributed by atoms with Crippen LogP contribution in [0, 0.1) is 5.92 Å². The summed E-state index contributed by atoms with van der Waals surface area (Å²) in [7, 11) is 0. The number of aromatic nitrogens is 3. The maximum atomic E-state index is 11.6. The van der Waals surface area contributed by atoms with Crippen molar-refractivity contribution in [3.05, 3.63) is 107 Å². The highest BCUT2D eigenvalue weighted by molar-refractivity contribution is 5.95. The Hall–Kier alpha value is -3.73. The third-order valence-electron chi connectivity index (χ3n) is 5.70. The van der Waals surface area contributed by atoms with Gasteiger partial charge in [0.1, 0.15) is 5.82 Å². The van der Waals surface area contributed by atoms with Crippen molar-refractivity contribution in [3.63, 3.8) is 0 Å². The van der Waals surface area contributed by atoms with Crippen LogP contribution in [0.2, 0.25) is 0 Å². The van der Waals surface area contributed by atoms with E-state index in [1.165, 1.54) is 5.56 Å². The van der Waals surface area contributed by atoms with Crippen LogP contribution in [-0.4, -0.2) is 25.8 Å². The highest BCUT2D eigenvalue weighted by Gasteiger charge is 2.13. The van der Waals surface area contributed by atoms with E-state index in [1.54, 1.807) is 12.1 Å². The topological polar surface area (TPSA) is 68.0 Å². The quantitative estimate of drug-likeness (QED) is 0.354. The van der Waals surface area contributed by atoms with Gasteiger partial charge in [-0.3, -0.25) is 0 Å². The Kier molecular flexibility index (Phi) is 6.98. The number of rotatable bonds is 9. The van der Waals surface area contributed by atoms with Crippen LogP contribution in [0.15, 0.2) is 78.9 Å². The van der Waals surface area contributed by atoms with Crippen LogP contribution in [0.1, 0.15) is 53.4 Å². The Morgan fingerprint density at radius 2 is 1.61 bits per heavy atom. The van der Waals surface area contributed by atoms with Crippen molar-refractivity contribution >= 4 is 5.97 Å². The summed E-state index contributed by atoms with van der Waals surface area (Å²) >= 11 is 0. The molecule has 3 aromatic carbocycles. The number of hydrogen-bond acceptors (Lipinski definition) is 3. The van der Waals surface area contributed by atoms with E-state index in [4.69, 9.17) is 10.1 Å². The number of carboxylic acids is 1. The molecule has 0 saturated heterocycles. The van der Waals surface area contributed by atoms with Crippen LogP contribution in [0.25, 0.3) is 11.1 Å². The van der Waals surface area contributed by atoms with Crippen LogP contribution >= 0.6 is 0 Å². The van der Waals surface area contributed by atoms with Crippen LogP contribution in [-0.2, 0) is 19.4 Å². The summed E-state index contributed by atoms with van der Waals surface area (Å²) in [5.74, 6) is 1.53. The Balaban J connectivity index is 1.56. The lowest BCUT2D eigenvalue weighted by Crippen LogP contribution is -2.08. The Bertz CT molecular complexity index is 1210. The van der Waals surface area contributed by atoms with E-state index in [9.17, 15) is 9.90 Å². The van der Waals surface area contributed by atoms with Gasteiger partial charge < -0.3 is 5.11 Å². The average molecular weight is 440 g/mol. The van der Waals surface area contributed by atoms with Crippen LogP contribution in [0.5, 0.6) is 0 Å². The minimum atomic E-state index is -0.918. The molecule has 1 heterocycles. The molecule has 0 aliphatic rings. The zero-order valence-corrected chi connectivity index (χ0v) is 19.1. The van der Waals surface area contributed by atoms with Crippen molar-refractivity contribution in [1.82, 2.24) is 14.8 Å². The summed E-state index contributed by atoms with van der Waals surface area (Å²) < 4.78 is 2.01. The second-order valence-electron chi connectivity index (χ2n) is 8.74. The molecule has 0 spiro atoms. The third-order valence-corrected chi connectivity index (χ3v) is 5.70. The fraction of sp³-hybridized carbons (Fsp3) is 0.250. The van der Waals surface area contributed by atoms with E-state index >= 15 is 0 Å². The minimum absolute atomic E-state index is 0.308. The second-order valence-corrected chi connectivity index (χ2v) is 8.74. The summed E-state index contributed by atoms with van der Waals surface area (Å²) in [6, 6.07) is 25.4. The standard InChI is InChI=1S/C28H29N3O2/c1-20(2)12-17-27-29-26(18-21-8-4-3-5-9-21)30-31(27)19-22-13-15-23(16-14-22)24-10-6-7-11-25(24)28(32)33/h3-11,13-16,20H,12,17-19H2,1-2H3,(H,32,33). The molecule has 0 amide bonds. The summed E-state index contributed by atoms with van der Waals surface area (Å²) in [5, 5.41) is 14.3. The van der Waals surface area contributed by atoms with E-state index in [-0.39, 0.29) is 0 Å². The summed E-state index contributed by atoms with van der Waals surface area (Å²) in [5.41, 5.74) is 4.23. The summed E-state index contributed by atoms with van der Waals surface area (Å²) in [6.07, 6.45) is 2.67. The van der Waals surface area contributed by atoms with Crippen LogP contribution < -0.4 is 0 Å². The molecule has 0 bridgehead atoms. The van der Waals surface area contributed by atoms with Crippen molar-refractivity contribution in [2.45, 2.75) is 39.7 Å². The molecule has 0 aliphatic carbocycles. The lowest BCUT2D eigenvalue weighted by Gasteiger charge is -2.10. The normalized spacial score (nSPS) is 11.1. The van der Waals surface area contributed by atoms with Crippen molar-refractivity contribution in [1.29, 1.82) is 0 Å². The minimum Gasteiger partial charge on any atom is -0.478 e. The van der Waals surface area contributed by atoms with E-state index in [2.05, 4.69) is 26.0 Å². The van der Waals surface area contributed by atoms with Crippen molar-refractivity contribution in [2.75, 3.05) is 0 Å². The van der Waals surface area contributed by atoms with Gasteiger partial charge in [0.2, 0.25) is 0 Å². The second kappa shape index (κ2) is 10.3. The molecule has 0 atom stereocenters. The van der Waals surface area contributed by atoms with Gasteiger partial charge in [-0.15, -0.1) is 0 Å². The van der Waals surface area contributed by atoms with Gasteiger partial charge in [0, 0.05) is 12.8 Å². The molecule has 4 aromatic rings.